The maximum absolute atomic E-state index is 11.9. The molecule has 1 heterocycles. The van der Waals surface area contributed by atoms with Gasteiger partial charge in [0, 0.05) is 24.2 Å². The Hall–Kier alpha value is -1.61. The van der Waals surface area contributed by atoms with Gasteiger partial charge < -0.3 is 10.3 Å². The van der Waals surface area contributed by atoms with Crippen LogP contribution in [0.25, 0.3) is 10.9 Å². The Labute approximate surface area is 101 Å². The molecule has 3 nitrogen and oxygen atoms in total. The first-order valence-corrected chi connectivity index (χ1v) is 5.94. The van der Waals surface area contributed by atoms with E-state index in [4.69, 9.17) is 5.73 Å². The lowest BCUT2D eigenvalue weighted by Crippen LogP contribution is -2.12. The highest BCUT2D eigenvalue weighted by Crippen LogP contribution is 2.19. The Morgan fingerprint density at radius 2 is 1.88 bits per heavy atom. The van der Waals surface area contributed by atoms with Crippen molar-refractivity contribution in [1.29, 1.82) is 0 Å². The summed E-state index contributed by atoms with van der Waals surface area (Å²) in [4.78, 5) is 11.9. The van der Waals surface area contributed by atoms with Gasteiger partial charge in [0.05, 0.1) is 5.52 Å². The third kappa shape index (κ3) is 2.11. The third-order valence-corrected chi connectivity index (χ3v) is 3.13. The van der Waals surface area contributed by atoms with E-state index in [0.29, 0.717) is 6.54 Å². The summed E-state index contributed by atoms with van der Waals surface area (Å²) in [6.07, 6.45) is 2.79. The molecule has 0 aliphatic carbocycles. The molecular formula is C14H18N2O. The Morgan fingerprint density at radius 3 is 2.59 bits per heavy atom. The van der Waals surface area contributed by atoms with E-state index in [9.17, 15) is 4.79 Å². The number of aromatic nitrogens is 1. The molecule has 0 aliphatic heterocycles. The second kappa shape index (κ2) is 4.72. The van der Waals surface area contributed by atoms with E-state index in [-0.39, 0.29) is 5.43 Å². The molecular weight excluding hydrogens is 212 g/mol. The Balaban J connectivity index is 2.75. The summed E-state index contributed by atoms with van der Waals surface area (Å²) < 4.78 is 2.13. The standard InChI is InChI=1S/C14H18N2O/c1-10-4-5-11(2)14-13(10)12(17)6-9-16(14)8-3-7-15/h4-6,9H,3,7-8,15H2,1-2H3. The van der Waals surface area contributed by atoms with Crippen LogP contribution in [-0.2, 0) is 6.54 Å². The minimum absolute atomic E-state index is 0.102. The summed E-state index contributed by atoms with van der Waals surface area (Å²) in [5.41, 5.74) is 8.87. The van der Waals surface area contributed by atoms with Crippen LogP contribution in [0.3, 0.4) is 0 Å². The van der Waals surface area contributed by atoms with Crippen LogP contribution in [-0.4, -0.2) is 11.1 Å². The first kappa shape index (κ1) is 11.9. The van der Waals surface area contributed by atoms with Crippen LogP contribution in [0.4, 0.5) is 0 Å². The van der Waals surface area contributed by atoms with E-state index in [0.717, 1.165) is 35.0 Å². The molecule has 0 atom stereocenters. The molecule has 0 unspecified atom stereocenters. The Kier molecular flexibility index (Phi) is 3.29. The number of hydrogen-bond acceptors (Lipinski definition) is 2. The number of pyridine rings is 1. The number of fused-ring (bicyclic) bond motifs is 1. The van der Waals surface area contributed by atoms with Gasteiger partial charge in [-0.15, -0.1) is 0 Å². The third-order valence-electron chi connectivity index (χ3n) is 3.13. The number of benzene rings is 1. The van der Waals surface area contributed by atoms with Crippen molar-refractivity contribution in [3.05, 3.63) is 45.7 Å². The van der Waals surface area contributed by atoms with Gasteiger partial charge in [-0.1, -0.05) is 12.1 Å². The van der Waals surface area contributed by atoms with Gasteiger partial charge in [0.1, 0.15) is 0 Å². The molecule has 0 saturated heterocycles. The maximum Gasteiger partial charge on any atom is 0.189 e. The fraction of sp³-hybridized carbons (Fsp3) is 0.357. The molecule has 0 bridgehead atoms. The number of nitrogens with two attached hydrogens (primary N) is 1. The predicted molar refractivity (Wildman–Crippen MR) is 71.4 cm³/mol. The normalized spacial score (nSPS) is 11.0. The summed E-state index contributed by atoms with van der Waals surface area (Å²) in [6, 6.07) is 5.72. The van der Waals surface area contributed by atoms with Crippen LogP contribution in [0.5, 0.6) is 0 Å². The molecule has 17 heavy (non-hydrogen) atoms. The van der Waals surface area contributed by atoms with Gasteiger partial charge in [0.25, 0.3) is 0 Å². The quantitative estimate of drug-likeness (QED) is 0.876. The molecule has 1 aromatic carbocycles. The zero-order chi connectivity index (χ0) is 12.4. The van der Waals surface area contributed by atoms with Gasteiger partial charge >= 0.3 is 0 Å². The Morgan fingerprint density at radius 1 is 1.18 bits per heavy atom. The second-order valence-corrected chi connectivity index (χ2v) is 4.44. The summed E-state index contributed by atoms with van der Waals surface area (Å²) in [5.74, 6) is 0. The van der Waals surface area contributed by atoms with E-state index in [1.54, 1.807) is 6.07 Å². The fourth-order valence-electron chi connectivity index (χ4n) is 2.24. The molecule has 0 fully saturated rings. The first-order valence-electron chi connectivity index (χ1n) is 5.94. The summed E-state index contributed by atoms with van der Waals surface area (Å²) in [6.45, 7) is 5.55. The second-order valence-electron chi connectivity index (χ2n) is 4.44. The van der Waals surface area contributed by atoms with Crippen LogP contribution in [0.15, 0.2) is 29.2 Å². The molecule has 2 rings (SSSR count). The highest BCUT2D eigenvalue weighted by Gasteiger charge is 2.07. The van der Waals surface area contributed by atoms with Gasteiger partial charge in [-0.05, 0) is 37.9 Å². The van der Waals surface area contributed by atoms with Crippen molar-refractivity contribution in [3.8, 4) is 0 Å². The van der Waals surface area contributed by atoms with Crippen LogP contribution >= 0.6 is 0 Å². The molecule has 3 heteroatoms. The molecule has 2 aromatic rings. The minimum atomic E-state index is 0.102. The van der Waals surface area contributed by atoms with Crippen LogP contribution in [0, 0.1) is 13.8 Å². The minimum Gasteiger partial charge on any atom is -0.347 e. The lowest BCUT2D eigenvalue weighted by atomic mass is 10.0. The van der Waals surface area contributed by atoms with E-state index >= 15 is 0 Å². The number of aryl methyl sites for hydroxylation is 3. The SMILES string of the molecule is Cc1ccc(C)c2c1c(=O)ccn2CCCN. The number of nitrogens with zero attached hydrogens (tertiary/aromatic N) is 1. The highest BCUT2D eigenvalue weighted by atomic mass is 16.1. The molecule has 0 saturated carbocycles. The number of hydrogen-bond donors (Lipinski definition) is 1. The van der Waals surface area contributed by atoms with Crippen molar-refractivity contribution in [3.63, 3.8) is 0 Å². The van der Waals surface area contributed by atoms with Gasteiger partial charge in [-0.2, -0.15) is 0 Å². The van der Waals surface area contributed by atoms with E-state index in [1.807, 2.05) is 26.1 Å². The molecule has 2 N–H and O–H groups in total. The molecule has 90 valence electrons. The van der Waals surface area contributed by atoms with Gasteiger partial charge in [-0.25, -0.2) is 0 Å². The average Bonchev–Trinajstić information content (AvgIpc) is 2.32. The van der Waals surface area contributed by atoms with Gasteiger partial charge in [-0.3, -0.25) is 4.79 Å². The Bertz CT molecular complexity index is 599. The number of rotatable bonds is 3. The molecule has 0 amide bonds. The van der Waals surface area contributed by atoms with Crippen molar-refractivity contribution in [1.82, 2.24) is 4.57 Å². The van der Waals surface area contributed by atoms with Crippen molar-refractivity contribution >= 4 is 10.9 Å². The van der Waals surface area contributed by atoms with Crippen LogP contribution in [0.1, 0.15) is 17.5 Å². The maximum atomic E-state index is 11.9. The lowest BCUT2D eigenvalue weighted by molar-refractivity contribution is 0.665. The fourth-order valence-corrected chi connectivity index (χ4v) is 2.24. The van der Waals surface area contributed by atoms with E-state index < -0.39 is 0 Å². The van der Waals surface area contributed by atoms with E-state index in [2.05, 4.69) is 10.6 Å². The lowest BCUT2D eigenvalue weighted by Gasteiger charge is -2.13. The zero-order valence-electron chi connectivity index (χ0n) is 10.4. The van der Waals surface area contributed by atoms with Gasteiger partial charge in [0.15, 0.2) is 5.43 Å². The van der Waals surface area contributed by atoms with Crippen molar-refractivity contribution in [2.75, 3.05) is 6.54 Å². The molecule has 1 aromatic heterocycles. The van der Waals surface area contributed by atoms with Crippen LogP contribution < -0.4 is 11.2 Å². The summed E-state index contributed by atoms with van der Waals surface area (Å²) >= 11 is 0. The summed E-state index contributed by atoms with van der Waals surface area (Å²) in [7, 11) is 0. The smallest absolute Gasteiger partial charge is 0.189 e. The van der Waals surface area contributed by atoms with Crippen molar-refractivity contribution in [2.24, 2.45) is 5.73 Å². The zero-order valence-corrected chi connectivity index (χ0v) is 10.4. The highest BCUT2D eigenvalue weighted by molar-refractivity contribution is 5.85. The topological polar surface area (TPSA) is 48.0 Å². The first-order chi connectivity index (χ1) is 8.15. The van der Waals surface area contributed by atoms with Crippen molar-refractivity contribution in [2.45, 2.75) is 26.8 Å². The monoisotopic (exact) mass is 230 g/mol. The molecule has 0 radical (unpaired) electrons. The molecule has 0 spiro atoms. The summed E-state index contributed by atoms with van der Waals surface area (Å²) in [5, 5.41) is 0.838. The van der Waals surface area contributed by atoms with Crippen molar-refractivity contribution < 1.29 is 0 Å². The average molecular weight is 230 g/mol. The van der Waals surface area contributed by atoms with Gasteiger partial charge in [0.2, 0.25) is 0 Å². The largest absolute Gasteiger partial charge is 0.347 e. The molecule has 0 aliphatic rings. The van der Waals surface area contributed by atoms with Crippen LogP contribution in [0.2, 0.25) is 0 Å². The predicted octanol–water partition coefficient (Wildman–Crippen LogP) is 1.97. The van der Waals surface area contributed by atoms with E-state index in [1.165, 1.54) is 0 Å².